The predicted octanol–water partition coefficient (Wildman–Crippen LogP) is 3.42. The Morgan fingerprint density at radius 1 is 1.11 bits per heavy atom. The Bertz CT molecular complexity index is 965. The summed E-state index contributed by atoms with van der Waals surface area (Å²) in [4.78, 5) is 17.1. The number of carbonyl (C=O) groups excluding carboxylic acids is 1. The van der Waals surface area contributed by atoms with E-state index in [0.29, 0.717) is 19.4 Å². The number of amides is 1. The topological polar surface area (TPSA) is 59.0 Å². The first kappa shape index (κ1) is 20.1. The van der Waals surface area contributed by atoms with Crippen molar-refractivity contribution in [2.75, 3.05) is 19.6 Å². The SMILES string of the molecule is Cl.O=C(CCc1nc2ccccc2n1-c1ccccc1)NCC1=CCNCC1. The molecule has 0 radical (unpaired) electrons. The molecule has 0 fully saturated rings. The monoisotopic (exact) mass is 396 g/mol. The molecule has 2 heterocycles. The van der Waals surface area contributed by atoms with E-state index in [1.54, 1.807) is 0 Å². The number of hydrogen-bond donors (Lipinski definition) is 2. The average Bonchev–Trinajstić information content (AvgIpc) is 3.10. The van der Waals surface area contributed by atoms with Gasteiger partial charge in [0.15, 0.2) is 0 Å². The zero-order valence-corrected chi connectivity index (χ0v) is 16.5. The minimum Gasteiger partial charge on any atom is -0.352 e. The molecule has 5 nitrogen and oxygen atoms in total. The van der Waals surface area contributed by atoms with Crippen molar-refractivity contribution in [3.05, 3.63) is 72.1 Å². The van der Waals surface area contributed by atoms with Crippen molar-refractivity contribution in [2.24, 2.45) is 0 Å². The van der Waals surface area contributed by atoms with Gasteiger partial charge in [0.1, 0.15) is 5.82 Å². The molecule has 146 valence electrons. The number of halogens is 1. The van der Waals surface area contributed by atoms with E-state index in [2.05, 4.69) is 39.5 Å². The molecule has 2 aromatic carbocycles. The number of fused-ring (bicyclic) bond motifs is 1. The smallest absolute Gasteiger partial charge is 0.220 e. The Kier molecular flexibility index (Phi) is 6.85. The van der Waals surface area contributed by atoms with Gasteiger partial charge in [-0.15, -0.1) is 12.4 Å². The second-order valence-electron chi connectivity index (χ2n) is 6.78. The first-order valence-corrected chi connectivity index (χ1v) is 9.48. The third kappa shape index (κ3) is 4.61. The van der Waals surface area contributed by atoms with E-state index in [0.717, 1.165) is 42.1 Å². The van der Waals surface area contributed by atoms with Crippen LogP contribution in [0.1, 0.15) is 18.7 Å². The number of rotatable bonds is 6. The minimum absolute atomic E-state index is 0. The third-order valence-electron chi connectivity index (χ3n) is 4.89. The molecular formula is C22H25ClN4O. The van der Waals surface area contributed by atoms with Gasteiger partial charge >= 0.3 is 0 Å². The molecule has 1 amide bonds. The van der Waals surface area contributed by atoms with Gasteiger partial charge < -0.3 is 10.6 Å². The van der Waals surface area contributed by atoms with Crippen molar-refractivity contribution in [3.8, 4) is 5.69 Å². The summed E-state index contributed by atoms with van der Waals surface area (Å²) in [5.41, 5.74) is 4.40. The van der Waals surface area contributed by atoms with Crippen LogP contribution in [0, 0.1) is 0 Å². The van der Waals surface area contributed by atoms with Gasteiger partial charge in [-0.25, -0.2) is 4.98 Å². The largest absolute Gasteiger partial charge is 0.352 e. The lowest BCUT2D eigenvalue weighted by Crippen LogP contribution is -2.29. The summed E-state index contributed by atoms with van der Waals surface area (Å²) in [6, 6.07) is 18.3. The lowest BCUT2D eigenvalue weighted by Gasteiger charge is -2.14. The number of hydrogen-bond acceptors (Lipinski definition) is 3. The molecule has 0 atom stereocenters. The number of nitrogens with zero attached hydrogens (tertiary/aromatic N) is 2. The second kappa shape index (κ2) is 9.53. The first-order chi connectivity index (χ1) is 13.3. The molecular weight excluding hydrogens is 372 g/mol. The summed E-state index contributed by atoms with van der Waals surface area (Å²) in [6.07, 6.45) is 4.21. The van der Waals surface area contributed by atoms with E-state index in [-0.39, 0.29) is 18.3 Å². The zero-order chi connectivity index (χ0) is 18.5. The molecule has 1 aliphatic rings. The van der Waals surface area contributed by atoms with E-state index < -0.39 is 0 Å². The predicted molar refractivity (Wildman–Crippen MR) is 115 cm³/mol. The Hall–Kier alpha value is -2.63. The third-order valence-corrected chi connectivity index (χ3v) is 4.89. The Labute approximate surface area is 171 Å². The number of benzene rings is 2. The fourth-order valence-corrected chi connectivity index (χ4v) is 3.46. The van der Waals surface area contributed by atoms with Gasteiger partial charge in [-0.2, -0.15) is 0 Å². The second-order valence-corrected chi connectivity index (χ2v) is 6.78. The normalized spacial score (nSPS) is 13.6. The molecule has 0 saturated heterocycles. The molecule has 0 spiro atoms. The highest BCUT2D eigenvalue weighted by Crippen LogP contribution is 2.22. The van der Waals surface area contributed by atoms with Crippen molar-refractivity contribution >= 4 is 29.3 Å². The molecule has 0 saturated carbocycles. The van der Waals surface area contributed by atoms with Crippen LogP contribution in [-0.4, -0.2) is 35.1 Å². The Balaban J connectivity index is 0.00000225. The lowest BCUT2D eigenvalue weighted by molar-refractivity contribution is -0.120. The van der Waals surface area contributed by atoms with Gasteiger partial charge in [0.25, 0.3) is 0 Å². The van der Waals surface area contributed by atoms with Gasteiger partial charge in [-0.3, -0.25) is 9.36 Å². The molecule has 0 bridgehead atoms. The lowest BCUT2D eigenvalue weighted by atomic mass is 10.1. The molecule has 4 rings (SSSR count). The van der Waals surface area contributed by atoms with Crippen LogP contribution in [0.25, 0.3) is 16.7 Å². The molecule has 1 aromatic heterocycles. The maximum absolute atomic E-state index is 12.3. The van der Waals surface area contributed by atoms with Crippen LogP contribution in [-0.2, 0) is 11.2 Å². The maximum Gasteiger partial charge on any atom is 0.220 e. The van der Waals surface area contributed by atoms with E-state index in [9.17, 15) is 4.79 Å². The average molecular weight is 397 g/mol. The van der Waals surface area contributed by atoms with Crippen LogP contribution in [0.2, 0.25) is 0 Å². The van der Waals surface area contributed by atoms with Crippen LogP contribution in [0.3, 0.4) is 0 Å². The summed E-state index contributed by atoms with van der Waals surface area (Å²) in [5.74, 6) is 0.986. The summed E-state index contributed by atoms with van der Waals surface area (Å²) < 4.78 is 2.15. The molecule has 28 heavy (non-hydrogen) atoms. The molecule has 0 unspecified atom stereocenters. The number of carbonyl (C=O) groups is 1. The van der Waals surface area contributed by atoms with Gasteiger partial charge in [-0.05, 0) is 37.2 Å². The van der Waals surface area contributed by atoms with E-state index >= 15 is 0 Å². The minimum atomic E-state index is 0. The number of aromatic nitrogens is 2. The zero-order valence-electron chi connectivity index (χ0n) is 15.7. The van der Waals surface area contributed by atoms with Crippen molar-refractivity contribution in [3.63, 3.8) is 0 Å². The first-order valence-electron chi connectivity index (χ1n) is 9.48. The summed E-state index contributed by atoms with van der Waals surface area (Å²) >= 11 is 0. The molecule has 6 heteroatoms. The van der Waals surface area contributed by atoms with Crippen LogP contribution in [0.5, 0.6) is 0 Å². The van der Waals surface area contributed by atoms with Gasteiger partial charge in [-0.1, -0.05) is 42.0 Å². The summed E-state index contributed by atoms with van der Waals surface area (Å²) in [6.45, 7) is 2.53. The van der Waals surface area contributed by atoms with E-state index in [1.165, 1.54) is 5.57 Å². The fourth-order valence-electron chi connectivity index (χ4n) is 3.46. The molecule has 0 aliphatic carbocycles. The Morgan fingerprint density at radius 3 is 2.68 bits per heavy atom. The fraction of sp³-hybridized carbons (Fsp3) is 0.273. The van der Waals surface area contributed by atoms with E-state index in [4.69, 9.17) is 4.98 Å². The molecule has 2 N–H and O–H groups in total. The molecule has 1 aliphatic heterocycles. The van der Waals surface area contributed by atoms with Crippen molar-refractivity contribution in [2.45, 2.75) is 19.3 Å². The highest BCUT2D eigenvalue weighted by molar-refractivity contribution is 5.85. The van der Waals surface area contributed by atoms with Gasteiger partial charge in [0.05, 0.1) is 11.0 Å². The standard InChI is InChI=1S/C22H24N4O.ClH/c27-22(24-16-17-12-14-23-15-13-17)11-10-21-25-19-8-4-5-9-20(19)26(21)18-6-2-1-3-7-18;/h1-9,12,23H,10-11,13-16H2,(H,24,27);1H. The quantitative estimate of drug-likeness (QED) is 0.628. The number of nitrogens with one attached hydrogen (secondary N) is 2. The van der Waals surface area contributed by atoms with Gasteiger partial charge in [0, 0.05) is 31.6 Å². The molecule has 3 aromatic rings. The van der Waals surface area contributed by atoms with Gasteiger partial charge in [0.2, 0.25) is 5.91 Å². The highest BCUT2D eigenvalue weighted by Gasteiger charge is 2.14. The number of aryl methyl sites for hydroxylation is 1. The highest BCUT2D eigenvalue weighted by atomic mass is 35.5. The summed E-state index contributed by atoms with van der Waals surface area (Å²) in [7, 11) is 0. The maximum atomic E-state index is 12.3. The van der Waals surface area contributed by atoms with Crippen molar-refractivity contribution in [1.29, 1.82) is 0 Å². The number of para-hydroxylation sites is 3. The van der Waals surface area contributed by atoms with Crippen molar-refractivity contribution in [1.82, 2.24) is 20.2 Å². The van der Waals surface area contributed by atoms with Crippen LogP contribution in [0.15, 0.2) is 66.2 Å². The van der Waals surface area contributed by atoms with Crippen molar-refractivity contribution < 1.29 is 4.79 Å². The number of imidazole rings is 1. The van der Waals surface area contributed by atoms with Crippen LogP contribution >= 0.6 is 12.4 Å². The van der Waals surface area contributed by atoms with E-state index in [1.807, 2.05) is 36.4 Å². The van der Waals surface area contributed by atoms with Crippen LogP contribution in [0.4, 0.5) is 0 Å². The Morgan fingerprint density at radius 2 is 1.89 bits per heavy atom. The summed E-state index contributed by atoms with van der Waals surface area (Å²) in [5, 5.41) is 6.33. The van der Waals surface area contributed by atoms with Crippen LogP contribution < -0.4 is 10.6 Å².